The van der Waals surface area contributed by atoms with Crippen LogP contribution in [0.1, 0.15) is 26.3 Å². The third-order valence-corrected chi connectivity index (χ3v) is 1.85. The topological polar surface area (TPSA) is 71.5 Å². The Hall–Kier alpha value is -1.62. The minimum Gasteiger partial charge on any atom is -0.444 e. The number of pyridine rings is 1. The van der Waals surface area contributed by atoms with E-state index in [0.717, 1.165) is 5.56 Å². The lowest BCUT2D eigenvalue weighted by molar-refractivity contribution is 0.0635. The number of anilines is 1. The van der Waals surface area contributed by atoms with E-state index in [1.807, 2.05) is 0 Å². The fraction of sp³-hybridized carbons (Fsp3) is 0.500. The number of amides is 1. The van der Waals surface area contributed by atoms with Crippen LogP contribution >= 0.6 is 0 Å². The first kappa shape index (κ1) is 13.4. The van der Waals surface area contributed by atoms with Gasteiger partial charge in [0.25, 0.3) is 0 Å². The fourth-order valence-electron chi connectivity index (χ4n) is 1.18. The lowest BCUT2D eigenvalue weighted by Gasteiger charge is -2.19. The Labute approximate surface area is 101 Å². The van der Waals surface area contributed by atoms with E-state index in [1.54, 1.807) is 39.1 Å². The number of carbonyl (C=O) groups is 1. The molecule has 1 aromatic rings. The summed E-state index contributed by atoms with van der Waals surface area (Å²) in [5.41, 5.74) is 0.392. The Balaban J connectivity index is 2.54. The Morgan fingerprint density at radius 2 is 2.18 bits per heavy atom. The normalized spacial score (nSPS) is 11.1. The van der Waals surface area contributed by atoms with Crippen molar-refractivity contribution in [1.82, 2.24) is 4.98 Å². The number of carbonyl (C=O) groups excluding carboxylic acids is 1. The highest BCUT2D eigenvalue weighted by Crippen LogP contribution is 2.10. The zero-order chi connectivity index (χ0) is 12.9. The van der Waals surface area contributed by atoms with E-state index in [1.165, 1.54) is 0 Å². The molecular formula is C12H18N2O3. The van der Waals surface area contributed by atoms with Crippen LogP contribution in [0.5, 0.6) is 0 Å². The van der Waals surface area contributed by atoms with Crippen LogP contribution < -0.4 is 5.32 Å². The summed E-state index contributed by atoms with van der Waals surface area (Å²) in [5.74, 6) is 0.431. The van der Waals surface area contributed by atoms with Crippen LogP contribution in [0.4, 0.5) is 10.6 Å². The second-order valence-corrected chi connectivity index (χ2v) is 4.65. The van der Waals surface area contributed by atoms with Crippen molar-refractivity contribution in [2.75, 3.05) is 11.9 Å². The maximum absolute atomic E-state index is 11.4. The van der Waals surface area contributed by atoms with Gasteiger partial charge in [-0.15, -0.1) is 0 Å². The lowest BCUT2D eigenvalue weighted by Crippen LogP contribution is -2.27. The number of hydrogen-bond donors (Lipinski definition) is 2. The summed E-state index contributed by atoms with van der Waals surface area (Å²) in [5, 5.41) is 11.3. The van der Waals surface area contributed by atoms with E-state index in [2.05, 4.69) is 10.3 Å². The maximum atomic E-state index is 11.4. The molecule has 0 saturated heterocycles. The van der Waals surface area contributed by atoms with E-state index >= 15 is 0 Å². The molecule has 5 nitrogen and oxygen atoms in total. The van der Waals surface area contributed by atoms with Gasteiger partial charge in [-0.05, 0) is 38.8 Å². The third-order valence-electron chi connectivity index (χ3n) is 1.85. The maximum Gasteiger partial charge on any atom is 0.413 e. The van der Waals surface area contributed by atoms with Crippen LogP contribution in [-0.2, 0) is 11.2 Å². The zero-order valence-corrected chi connectivity index (χ0v) is 10.4. The molecule has 0 aliphatic rings. The van der Waals surface area contributed by atoms with Gasteiger partial charge in [0, 0.05) is 12.8 Å². The number of nitrogens with one attached hydrogen (secondary N) is 1. The summed E-state index contributed by atoms with van der Waals surface area (Å²) >= 11 is 0. The molecule has 0 spiro atoms. The average molecular weight is 238 g/mol. The van der Waals surface area contributed by atoms with Gasteiger partial charge in [-0.2, -0.15) is 0 Å². The molecule has 0 fully saturated rings. The monoisotopic (exact) mass is 238 g/mol. The summed E-state index contributed by atoms with van der Waals surface area (Å²) in [6.07, 6.45) is 1.64. The standard InChI is InChI=1S/C12H18N2O3/c1-12(2,3)17-11(16)14-10-5-4-9(6-7-15)8-13-10/h4-5,8,15H,6-7H2,1-3H3,(H,13,14,16). The molecule has 17 heavy (non-hydrogen) atoms. The summed E-state index contributed by atoms with van der Waals surface area (Å²) in [4.78, 5) is 15.5. The molecular weight excluding hydrogens is 220 g/mol. The van der Waals surface area contributed by atoms with Crippen LogP contribution in [0, 0.1) is 0 Å². The number of aliphatic hydroxyl groups is 1. The van der Waals surface area contributed by atoms with E-state index in [4.69, 9.17) is 9.84 Å². The number of hydrogen-bond acceptors (Lipinski definition) is 4. The molecule has 0 radical (unpaired) electrons. The van der Waals surface area contributed by atoms with Crippen molar-refractivity contribution in [3.05, 3.63) is 23.9 Å². The molecule has 1 heterocycles. The molecule has 1 aromatic heterocycles. The van der Waals surface area contributed by atoms with Crippen LogP contribution in [0.25, 0.3) is 0 Å². The largest absolute Gasteiger partial charge is 0.444 e. The van der Waals surface area contributed by atoms with E-state index < -0.39 is 11.7 Å². The first-order valence-electron chi connectivity index (χ1n) is 5.46. The van der Waals surface area contributed by atoms with Crippen molar-refractivity contribution in [2.24, 2.45) is 0 Å². The van der Waals surface area contributed by atoms with Gasteiger partial charge < -0.3 is 9.84 Å². The van der Waals surface area contributed by atoms with Crippen molar-refractivity contribution in [3.8, 4) is 0 Å². The summed E-state index contributed by atoms with van der Waals surface area (Å²) in [7, 11) is 0. The SMILES string of the molecule is CC(C)(C)OC(=O)Nc1ccc(CCO)cn1. The molecule has 0 atom stereocenters. The van der Waals surface area contributed by atoms with Crippen molar-refractivity contribution in [1.29, 1.82) is 0 Å². The molecule has 94 valence electrons. The summed E-state index contributed by atoms with van der Waals surface area (Å²) in [6, 6.07) is 3.48. The quantitative estimate of drug-likeness (QED) is 0.844. The smallest absolute Gasteiger partial charge is 0.413 e. The van der Waals surface area contributed by atoms with Gasteiger partial charge in [-0.1, -0.05) is 6.07 Å². The number of aromatic nitrogens is 1. The predicted molar refractivity (Wildman–Crippen MR) is 64.9 cm³/mol. The minimum atomic E-state index is -0.528. The van der Waals surface area contributed by atoms with Gasteiger partial charge in [-0.3, -0.25) is 5.32 Å². The first-order valence-corrected chi connectivity index (χ1v) is 5.46. The summed E-state index contributed by atoms with van der Waals surface area (Å²) in [6.45, 7) is 5.47. The van der Waals surface area contributed by atoms with Crippen molar-refractivity contribution >= 4 is 11.9 Å². The Morgan fingerprint density at radius 1 is 1.47 bits per heavy atom. The van der Waals surface area contributed by atoms with Crippen molar-refractivity contribution in [3.63, 3.8) is 0 Å². The minimum absolute atomic E-state index is 0.0839. The first-order chi connectivity index (χ1) is 7.90. The van der Waals surface area contributed by atoms with E-state index in [-0.39, 0.29) is 6.61 Å². The van der Waals surface area contributed by atoms with Crippen molar-refractivity contribution in [2.45, 2.75) is 32.8 Å². The van der Waals surface area contributed by atoms with Crippen LogP contribution in [0.3, 0.4) is 0 Å². The predicted octanol–water partition coefficient (Wildman–Crippen LogP) is 1.96. The highest BCUT2D eigenvalue weighted by molar-refractivity contribution is 5.83. The molecule has 0 aromatic carbocycles. The number of nitrogens with zero attached hydrogens (tertiary/aromatic N) is 1. The zero-order valence-electron chi connectivity index (χ0n) is 10.4. The highest BCUT2D eigenvalue weighted by Gasteiger charge is 2.16. The molecule has 1 rings (SSSR count). The van der Waals surface area contributed by atoms with E-state index in [9.17, 15) is 4.79 Å². The summed E-state index contributed by atoms with van der Waals surface area (Å²) < 4.78 is 5.09. The second kappa shape index (κ2) is 5.63. The number of ether oxygens (including phenoxy) is 1. The van der Waals surface area contributed by atoms with Crippen LogP contribution in [0.15, 0.2) is 18.3 Å². The molecule has 5 heteroatoms. The van der Waals surface area contributed by atoms with Crippen molar-refractivity contribution < 1.29 is 14.6 Å². The molecule has 0 aliphatic heterocycles. The Kier molecular flexibility index (Phi) is 4.45. The average Bonchev–Trinajstić information content (AvgIpc) is 2.18. The fourth-order valence-corrected chi connectivity index (χ4v) is 1.18. The molecule has 0 saturated carbocycles. The molecule has 0 bridgehead atoms. The van der Waals surface area contributed by atoms with Gasteiger partial charge in [0.05, 0.1) is 0 Å². The Morgan fingerprint density at radius 3 is 2.65 bits per heavy atom. The lowest BCUT2D eigenvalue weighted by atomic mass is 10.2. The number of aliphatic hydroxyl groups excluding tert-OH is 1. The molecule has 2 N–H and O–H groups in total. The van der Waals surface area contributed by atoms with Gasteiger partial charge in [0.2, 0.25) is 0 Å². The van der Waals surface area contributed by atoms with Gasteiger partial charge in [0.1, 0.15) is 11.4 Å². The van der Waals surface area contributed by atoms with Gasteiger partial charge in [0.15, 0.2) is 0 Å². The van der Waals surface area contributed by atoms with E-state index in [0.29, 0.717) is 12.2 Å². The van der Waals surface area contributed by atoms with Crippen LogP contribution in [0.2, 0.25) is 0 Å². The molecule has 0 unspecified atom stereocenters. The highest BCUT2D eigenvalue weighted by atomic mass is 16.6. The van der Waals surface area contributed by atoms with Gasteiger partial charge in [-0.25, -0.2) is 9.78 Å². The number of rotatable bonds is 3. The van der Waals surface area contributed by atoms with Gasteiger partial charge >= 0.3 is 6.09 Å². The molecule has 1 amide bonds. The molecule has 0 aliphatic carbocycles. The van der Waals surface area contributed by atoms with Crippen LogP contribution in [-0.4, -0.2) is 28.4 Å². The third kappa shape index (κ3) is 5.31. The second-order valence-electron chi connectivity index (χ2n) is 4.65. The Bertz CT molecular complexity index is 368.